The molecular formula is C19H39N5. The van der Waals surface area contributed by atoms with Crippen molar-refractivity contribution in [3.05, 3.63) is 0 Å². The average Bonchev–Trinajstić information content (AvgIpc) is 2.53. The van der Waals surface area contributed by atoms with E-state index in [1.807, 2.05) is 6.92 Å². The van der Waals surface area contributed by atoms with Crippen LogP contribution in [-0.4, -0.2) is 29.0 Å². The zero-order valence-electron chi connectivity index (χ0n) is 16.4. The predicted octanol–water partition coefficient (Wildman–Crippen LogP) is 4.59. The molecular weight excluding hydrogens is 298 g/mol. The lowest BCUT2D eigenvalue weighted by Crippen LogP contribution is -2.60. The Bertz CT molecular complexity index is 401. The third-order valence-corrected chi connectivity index (χ3v) is 4.39. The molecule has 0 saturated carbocycles. The molecule has 0 radical (unpaired) electrons. The topological polar surface area (TPSA) is 66.0 Å². The number of hydrogen-bond acceptors (Lipinski definition) is 3. The van der Waals surface area contributed by atoms with Gasteiger partial charge in [0.05, 0.1) is 0 Å². The van der Waals surface area contributed by atoms with Crippen LogP contribution in [-0.2, 0) is 0 Å². The van der Waals surface area contributed by atoms with Gasteiger partial charge in [0.15, 0.2) is 0 Å². The Morgan fingerprint density at radius 3 is 2.04 bits per heavy atom. The van der Waals surface area contributed by atoms with Gasteiger partial charge >= 0.3 is 0 Å². The molecule has 0 unspecified atom stereocenters. The minimum Gasteiger partial charge on any atom is -0.331 e. The number of guanidine groups is 1. The van der Waals surface area contributed by atoms with Gasteiger partial charge in [-0.25, -0.2) is 15.8 Å². The summed E-state index contributed by atoms with van der Waals surface area (Å²) in [6.07, 6.45) is 14.4. The van der Waals surface area contributed by atoms with Crippen LogP contribution in [0.3, 0.4) is 0 Å². The standard InChI is InChI=1S/C19H39N5/c1-5-7-8-9-10-11-12-13-14-15-16-17-22-19(3,4)23-18(21-6-2)24(17)20/h5-16,20H2,1-4H3,(H,21,23). The number of hydrogen-bond donors (Lipinski definition) is 2. The van der Waals surface area contributed by atoms with E-state index in [2.05, 4.69) is 31.1 Å². The SMILES string of the molecule is CCCCCCCCCCCCC1=NC(C)(C)NC(=NCC)N1N. The van der Waals surface area contributed by atoms with Gasteiger partial charge in [-0.15, -0.1) is 0 Å². The summed E-state index contributed by atoms with van der Waals surface area (Å²) in [6.45, 7) is 9.13. The minimum absolute atomic E-state index is 0.322. The second-order valence-electron chi connectivity index (χ2n) is 7.31. The summed E-state index contributed by atoms with van der Waals surface area (Å²) in [5.74, 6) is 7.85. The van der Waals surface area contributed by atoms with E-state index in [0.717, 1.165) is 31.2 Å². The summed E-state index contributed by atoms with van der Waals surface area (Å²) < 4.78 is 0. The Hall–Kier alpha value is -1.10. The highest BCUT2D eigenvalue weighted by molar-refractivity contribution is 6.01. The number of nitrogens with zero attached hydrogens (tertiary/aromatic N) is 3. The van der Waals surface area contributed by atoms with Gasteiger partial charge in [0.2, 0.25) is 5.96 Å². The highest BCUT2D eigenvalue weighted by Crippen LogP contribution is 2.16. The van der Waals surface area contributed by atoms with E-state index < -0.39 is 0 Å². The average molecular weight is 338 g/mol. The molecule has 0 bridgehead atoms. The first-order chi connectivity index (χ1) is 11.5. The number of nitrogens with two attached hydrogens (primary N) is 1. The summed E-state index contributed by atoms with van der Waals surface area (Å²) in [5.41, 5.74) is -0.322. The number of nitrogens with one attached hydrogen (secondary N) is 1. The van der Waals surface area contributed by atoms with E-state index in [1.165, 1.54) is 57.8 Å². The first-order valence-electron chi connectivity index (χ1n) is 9.96. The molecule has 0 aliphatic carbocycles. The second-order valence-corrected chi connectivity index (χ2v) is 7.31. The maximum atomic E-state index is 6.16. The molecule has 0 aromatic heterocycles. The molecule has 3 N–H and O–H groups in total. The van der Waals surface area contributed by atoms with E-state index in [4.69, 9.17) is 10.8 Å². The molecule has 1 aliphatic rings. The largest absolute Gasteiger partial charge is 0.331 e. The summed E-state index contributed by atoms with van der Waals surface area (Å²) in [7, 11) is 0. The van der Waals surface area contributed by atoms with Crippen molar-refractivity contribution in [3.8, 4) is 0 Å². The van der Waals surface area contributed by atoms with Gasteiger partial charge in [-0.05, 0) is 27.2 Å². The molecule has 0 saturated heterocycles. The van der Waals surface area contributed by atoms with Gasteiger partial charge in [-0.2, -0.15) is 0 Å². The molecule has 5 nitrogen and oxygen atoms in total. The number of aliphatic imine (C=N–C) groups is 2. The van der Waals surface area contributed by atoms with Gasteiger partial charge in [-0.3, -0.25) is 4.99 Å². The van der Waals surface area contributed by atoms with Crippen molar-refractivity contribution in [1.29, 1.82) is 0 Å². The Morgan fingerprint density at radius 1 is 0.958 bits per heavy atom. The molecule has 0 aromatic rings. The van der Waals surface area contributed by atoms with Crippen molar-refractivity contribution < 1.29 is 0 Å². The summed E-state index contributed by atoms with van der Waals surface area (Å²) in [6, 6.07) is 0. The number of unbranched alkanes of at least 4 members (excludes halogenated alkanes) is 9. The van der Waals surface area contributed by atoms with Crippen LogP contribution in [0.2, 0.25) is 0 Å². The van der Waals surface area contributed by atoms with Crippen molar-refractivity contribution in [1.82, 2.24) is 10.3 Å². The fraction of sp³-hybridized carbons (Fsp3) is 0.895. The molecule has 0 aromatic carbocycles. The van der Waals surface area contributed by atoms with E-state index in [0.29, 0.717) is 0 Å². The Labute approximate surface area is 149 Å². The first kappa shape index (κ1) is 20.9. The highest BCUT2D eigenvalue weighted by Gasteiger charge is 2.28. The Morgan fingerprint density at radius 2 is 1.50 bits per heavy atom. The van der Waals surface area contributed by atoms with Crippen LogP contribution in [0.1, 0.15) is 98.3 Å². The summed E-state index contributed by atoms with van der Waals surface area (Å²) in [4.78, 5) is 9.16. The van der Waals surface area contributed by atoms with Crippen molar-refractivity contribution in [2.75, 3.05) is 6.54 Å². The maximum absolute atomic E-state index is 6.16. The van der Waals surface area contributed by atoms with Gasteiger partial charge in [0.1, 0.15) is 11.5 Å². The summed E-state index contributed by atoms with van der Waals surface area (Å²) >= 11 is 0. The highest BCUT2D eigenvalue weighted by atomic mass is 15.5. The quantitative estimate of drug-likeness (QED) is 0.404. The molecule has 0 spiro atoms. The molecule has 24 heavy (non-hydrogen) atoms. The molecule has 5 heteroatoms. The van der Waals surface area contributed by atoms with Gasteiger partial charge in [0, 0.05) is 13.0 Å². The summed E-state index contributed by atoms with van der Waals surface area (Å²) in [5, 5.41) is 4.90. The smallest absolute Gasteiger partial charge is 0.216 e. The van der Waals surface area contributed by atoms with Crippen LogP contribution in [0.15, 0.2) is 9.98 Å². The zero-order valence-corrected chi connectivity index (χ0v) is 16.4. The van der Waals surface area contributed by atoms with Crippen LogP contribution < -0.4 is 11.2 Å². The van der Waals surface area contributed by atoms with Crippen molar-refractivity contribution in [2.24, 2.45) is 15.8 Å². The van der Waals surface area contributed by atoms with E-state index in [1.54, 1.807) is 5.01 Å². The van der Waals surface area contributed by atoms with E-state index >= 15 is 0 Å². The maximum Gasteiger partial charge on any atom is 0.216 e. The van der Waals surface area contributed by atoms with E-state index in [-0.39, 0.29) is 5.66 Å². The zero-order chi connectivity index (χ0) is 17.8. The van der Waals surface area contributed by atoms with Crippen molar-refractivity contribution >= 4 is 11.8 Å². The fourth-order valence-corrected chi connectivity index (χ4v) is 3.07. The molecule has 140 valence electrons. The van der Waals surface area contributed by atoms with Crippen LogP contribution in [0.5, 0.6) is 0 Å². The van der Waals surface area contributed by atoms with E-state index in [9.17, 15) is 0 Å². The van der Waals surface area contributed by atoms with Crippen LogP contribution in [0, 0.1) is 0 Å². The minimum atomic E-state index is -0.322. The molecule has 1 rings (SSSR count). The van der Waals surface area contributed by atoms with Crippen LogP contribution >= 0.6 is 0 Å². The third kappa shape index (κ3) is 8.13. The Balaban J connectivity index is 2.21. The lowest BCUT2D eigenvalue weighted by atomic mass is 10.1. The molecule has 0 atom stereocenters. The molecule has 1 heterocycles. The lowest BCUT2D eigenvalue weighted by Gasteiger charge is -2.36. The molecule has 0 amide bonds. The normalized spacial score (nSPS) is 18.6. The first-order valence-corrected chi connectivity index (χ1v) is 9.96. The number of rotatable bonds is 12. The van der Waals surface area contributed by atoms with Crippen LogP contribution in [0.4, 0.5) is 0 Å². The molecule has 1 aliphatic heterocycles. The Kier molecular flexibility index (Phi) is 9.99. The van der Waals surface area contributed by atoms with Gasteiger partial charge in [0.25, 0.3) is 0 Å². The lowest BCUT2D eigenvalue weighted by molar-refractivity contribution is 0.411. The number of hydrazine groups is 1. The second kappa shape index (κ2) is 11.5. The fourth-order valence-electron chi connectivity index (χ4n) is 3.07. The number of amidine groups is 1. The van der Waals surface area contributed by atoms with Crippen molar-refractivity contribution in [3.63, 3.8) is 0 Å². The third-order valence-electron chi connectivity index (χ3n) is 4.39. The predicted molar refractivity (Wildman–Crippen MR) is 105 cm³/mol. The van der Waals surface area contributed by atoms with Gasteiger partial charge in [-0.1, -0.05) is 64.7 Å². The van der Waals surface area contributed by atoms with Crippen LogP contribution in [0.25, 0.3) is 0 Å². The van der Waals surface area contributed by atoms with Crippen molar-refractivity contribution in [2.45, 2.75) is 104 Å². The van der Waals surface area contributed by atoms with Gasteiger partial charge < -0.3 is 5.32 Å². The monoisotopic (exact) mass is 337 g/mol. The molecule has 0 fully saturated rings.